The van der Waals surface area contributed by atoms with Gasteiger partial charge < -0.3 is 15.5 Å². The van der Waals surface area contributed by atoms with Crippen molar-refractivity contribution in [1.29, 1.82) is 0 Å². The molecule has 25 heavy (non-hydrogen) atoms. The lowest BCUT2D eigenvalue weighted by molar-refractivity contribution is -0.121. The Morgan fingerprint density at radius 2 is 2.04 bits per heavy atom. The van der Waals surface area contributed by atoms with Crippen molar-refractivity contribution in [2.24, 2.45) is 0 Å². The zero-order valence-corrected chi connectivity index (χ0v) is 15.2. The molecule has 1 aliphatic heterocycles. The SMILES string of the molecule is CCNC(=O)CN(CC)C(=O)NC1CCN(Cc2ccccn2)CC1. The monoisotopic (exact) mass is 347 g/mol. The predicted molar refractivity (Wildman–Crippen MR) is 97.0 cm³/mol. The van der Waals surface area contributed by atoms with E-state index in [1.807, 2.05) is 38.2 Å². The molecule has 1 aliphatic rings. The van der Waals surface area contributed by atoms with E-state index >= 15 is 0 Å². The van der Waals surface area contributed by atoms with Crippen LogP contribution in [0.4, 0.5) is 4.79 Å². The first-order chi connectivity index (χ1) is 12.1. The van der Waals surface area contributed by atoms with Gasteiger partial charge in [0.2, 0.25) is 5.91 Å². The molecule has 2 rings (SSSR count). The molecule has 7 heteroatoms. The second kappa shape index (κ2) is 9.98. The first kappa shape index (κ1) is 19.2. The molecule has 0 aliphatic carbocycles. The molecular formula is C18H29N5O2. The van der Waals surface area contributed by atoms with Crippen LogP contribution in [0.5, 0.6) is 0 Å². The van der Waals surface area contributed by atoms with E-state index in [-0.39, 0.29) is 24.5 Å². The van der Waals surface area contributed by atoms with Crippen molar-refractivity contribution < 1.29 is 9.59 Å². The largest absolute Gasteiger partial charge is 0.355 e. The smallest absolute Gasteiger partial charge is 0.318 e. The zero-order chi connectivity index (χ0) is 18.1. The van der Waals surface area contributed by atoms with Gasteiger partial charge in [0.25, 0.3) is 0 Å². The molecule has 2 N–H and O–H groups in total. The number of aromatic nitrogens is 1. The van der Waals surface area contributed by atoms with Crippen LogP contribution in [0.2, 0.25) is 0 Å². The molecule has 2 heterocycles. The highest BCUT2D eigenvalue weighted by atomic mass is 16.2. The van der Waals surface area contributed by atoms with Gasteiger partial charge in [-0.15, -0.1) is 0 Å². The molecule has 3 amide bonds. The third-order valence-corrected chi connectivity index (χ3v) is 4.40. The Hall–Kier alpha value is -2.15. The molecule has 0 aromatic carbocycles. The Bertz CT molecular complexity index is 544. The highest BCUT2D eigenvalue weighted by Gasteiger charge is 2.23. The number of nitrogens with zero attached hydrogens (tertiary/aromatic N) is 3. The first-order valence-corrected chi connectivity index (χ1v) is 9.06. The lowest BCUT2D eigenvalue weighted by atomic mass is 10.0. The van der Waals surface area contributed by atoms with Crippen molar-refractivity contribution in [3.8, 4) is 0 Å². The normalized spacial score (nSPS) is 15.6. The van der Waals surface area contributed by atoms with Crippen molar-refractivity contribution in [2.75, 3.05) is 32.7 Å². The zero-order valence-electron chi connectivity index (χ0n) is 15.2. The molecular weight excluding hydrogens is 318 g/mol. The third-order valence-electron chi connectivity index (χ3n) is 4.40. The fraction of sp³-hybridized carbons (Fsp3) is 0.611. The van der Waals surface area contributed by atoms with E-state index in [0.717, 1.165) is 38.2 Å². The highest BCUT2D eigenvalue weighted by Crippen LogP contribution is 2.13. The number of likely N-dealkylation sites (tertiary alicyclic amines) is 1. The van der Waals surface area contributed by atoms with Gasteiger partial charge in [-0.2, -0.15) is 0 Å². The van der Waals surface area contributed by atoms with Crippen molar-refractivity contribution in [3.63, 3.8) is 0 Å². The number of amides is 3. The van der Waals surface area contributed by atoms with E-state index in [2.05, 4.69) is 20.5 Å². The van der Waals surface area contributed by atoms with E-state index in [4.69, 9.17) is 0 Å². The van der Waals surface area contributed by atoms with Gasteiger partial charge in [0.05, 0.1) is 5.69 Å². The molecule has 7 nitrogen and oxygen atoms in total. The van der Waals surface area contributed by atoms with Crippen molar-refractivity contribution in [1.82, 2.24) is 25.4 Å². The second-order valence-corrected chi connectivity index (χ2v) is 6.29. The number of nitrogens with one attached hydrogen (secondary N) is 2. The van der Waals surface area contributed by atoms with E-state index < -0.39 is 0 Å². The van der Waals surface area contributed by atoms with Gasteiger partial charge in [-0.3, -0.25) is 14.7 Å². The molecule has 0 atom stereocenters. The molecule has 0 spiro atoms. The minimum absolute atomic E-state index is 0.106. The molecule has 0 radical (unpaired) electrons. The van der Waals surface area contributed by atoms with Crippen LogP contribution >= 0.6 is 0 Å². The van der Waals surface area contributed by atoms with E-state index in [1.54, 1.807) is 4.90 Å². The summed E-state index contributed by atoms with van der Waals surface area (Å²) in [6, 6.07) is 5.97. The van der Waals surface area contributed by atoms with Crippen LogP contribution in [-0.4, -0.2) is 65.5 Å². The lowest BCUT2D eigenvalue weighted by Gasteiger charge is -2.33. The number of rotatable bonds is 7. The molecule has 1 aromatic heterocycles. The average Bonchev–Trinajstić information content (AvgIpc) is 2.62. The highest BCUT2D eigenvalue weighted by molar-refractivity contribution is 5.84. The summed E-state index contributed by atoms with van der Waals surface area (Å²) in [7, 11) is 0. The Morgan fingerprint density at radius 3 is 2.64 bits per heavy atom. The summed E-state index contributed by atoms with van der Waals surface area (Å²) < 4.78 is 0. The summed E-state index contributed by atoms with van der Waals surface area (Å²) in [6.45, 7) is 7.66. The molecule has 1 fully saturated rings. The summed E-state index contributed by atoms with van der Waals surface area (Å²) in [5.74, 6) is -0.121. The van der Waals surface area contributed by atoms with Crippen LogP contribution in [0, 0.1) is 0 Å². The maximum atomic E-state index is 12.4. The van der Waals surface area contributed by atoms with E-state index in [1.165, 1.54) is 0 Å². The minimum Gasteiger partial charge on any atom is -0.355 e. The van der Waals surface area contributed by atoms with Crippen LogP contribution < -0.4 is 10.6 Å². The summed E-state index contributed by atoms with van der Waals surface area (Å²) in [5.41, 5.74) is 1.07. The maximum absolute atomic E-state index is 12.4. The predicted octanol–water partition coefficient (Wildman–Crippen LogP) is 1.21. The number of piperidine rings is 1. The van der Waals surface area contributed by atoms with Gasteiger partial charge in [-0.05, 0) is 38.8 Å². The van der Waals surface area contributed by atoms with Crippen molar-refractivity contribution >= 4 is 11.9 Å². The molecule has 138 valence electrons. The van der Waals surface area contributed by atoms with E-state index in [0.29, 0.717) is 13.1 Å². The summed E-state index contributed by atoms with van der Waals surface area (Å²) in [5, 5.41) is 5.79. The third kappa shape index (κ3) is 6.34. The van der Waals surface area contributed by atoms with Gasteiger partial charge in [0, 0.05) is 45.0 Å². The number of carbonyl (C=O) groups excluding carboxylic acids is 2. The molecule has 1 saturated heterocycles. The van der Waals surface area contributed by atoms with Crippen molar-refractivity contribution in [2.45, 2.75) is 39.3 Å². The quantitative estimate of drug-likeness (QED) is 0.777. The van der Waals surface area contributed by atoms with Gasteiger partial charge >= 0.3 is 6.03 Å². The Balaban J connectivity index is 1.74. The number of likely N-dealkylation sites (N-methyl/N-ethyl adjacent to an activating group) is 2. The Kier molecular flexibility index (Phi) is 7.66. The van der Waals surface area contributed by atoms with Gasteiger partial charge in [-0.25, -0.2) is 4.79 Å². The fourth-order valence-corrected chi connectivity index (χ4v) is 2.98. The first-order valence-electron chi connectivity index (χ1n) is 9.06. The number of hydrogen-bond donors (Lipinski definition) is 2. The van der Waals surface area contributed by atoms with Crippen LogP contribution in [0.1, 0.15) is 32.4 Å². The molecule has 0 bridgehead atoms. The molecule has 0 unspecified atom stereocenters. The number of pyridine rings is 1. The van der Waals surface area contributed by atoms with Crippen LogP contribution in [0.25, 0.3) is 0 Å². The summed E-state index contributed by atoms with van der Waals surface area (Å²) >= 11 is 0. The number of carbonyl (C=O) groups is 2. The summed E-state index contributed by atoms with van der Waals surface area (Å²) in [6.07, 6.45) is 3.64. The van der Waals surface area contributed by atoms with Crippen LogP contribution in [0.15, 0.2) is 24.4 Å². The molecule has 1 aromatic rings. The van der Waals surface area contributed by atoms with E-state index in [9.17, 15) is 9.59 Å². The lowest BCUT2D eigenvalue weighted by Crippen LogP contribution is -2.51. The minimum atomic E-state index is -0.156. The topological polar surface area (TPSA) is 77.6 Å². The summed E-state index contributed by atoms with van der Waals surface area (Å²) in [4.78, 5) is 32.3. The second-order valence-electron chi connectivity index (χ2n) is 6.29. The maximum Gasteiger partial charge on any atom is 0.318 e. The standard InChI is InChI=1S/C18H29N5O2/c1-3-19-17(24)14-23(4-2)18(25)21-15-8-11-22(12-9-15)13-16-7-5-6-10-20-16/h5-7,10,15H,3-4,8-9,11-14H2,1-2H3,(H,19,24)(H,21,25). The Labute approximate surface area is 149 Å². The molecule has 0 saturated carbocycles. The fourth-order valence-electron chi connectivity index (χ4n) is 2.98. The average molecular weight is 347 g/mol. The van der Waals surface area contributed by atoms with Gasteiger partial charge in [-0.1, -0.05) is 6.07 Å². The van der Waals surface area contributed by atoms with Gasteiger partial charge in [0.15, 0.2) is 0 Å². The van der Waals surface area contributed by atoms with Gasteiger partial charge in [0.1, 0.15) is 6.54 Å². The van der Waals surface area contributed by atoms with Crippen molar-refractivity contribution in [3.05, 3.63) is 30.1 Å². The Morgan fingerprint density at radius 1 is 1.28 bits per heavy atom. The van der Waals surface area contributed by atoms with Crippen LogP contribution in [-0.2, 0) is 11.3 Å². The van der Waals surface area contributed by atoms with Crippen LogP contribution in [0.3, 0.4) is 0 Å². The number of hydrogen-bond acceptors (Lipinski definition) is 4. The number of urea groups is 1.